The van der Waals surface area contributed by atoms with Crippen molar-refractivity contribution in [3.05, 3.63) is 12.2 Å². The van der Waals surface area contributed by atoms with Crippen molar-refractivity contribution in [3.8, 4) is 0 Å². The van der Waals surface area contributed by atoms with Crippen molar-refractivity contribution in [2.75, 3.05) is 13.1 Å². The lowest BCUT2D eigenvalue weighted by atomic mass is 10.3. The second-order valence-corrected chi connectivity index (χ2v) is 3.43. The van der Waals surface area contributed by atoms with Crippen LogP contribution in [0.4, 0.5) is 4.79 Å². The SMILES string of the molecule is O=C1CNC(=O)N1C/C=C/C1CC1. The quantitative estimate of drug-likeness (QED) is 0.508. The molecule has 0 aromatic carbocycles. The number of nitrogens with one attached hydrogen (secondary N) is 1. The van der Waals surface area contributed by atoms with Gasteiger partial charge in [0.15, 0.2) is 0 Å². The van der Waals surface area contributed by atoms with E-state index in [1.165, 1.54) is 17.7 Å². The van der Waals surface area contributed by atoms with E-state index in [2.05, 4.69) is 11.4 Å². The molecule has 0 spiro atoms. The summed E-state index contributed by atoms with van der Waals surface area (Å²) in [7, 11) is 0. The van der Waals surface area contributed by atoms with Gasteiger partial charge in [0.05, 0.1) is 6.54 Å². The number of nitrogens with zero attached hydrogens (tertiary/aromatic N) is 1. The summed E-state index contributed by atoms with van der Waals surface area (Å²) in [6.45, 7) is 0.567. The van der Waals surface area contributed by atoms with Crippen molar-refractivity contribution in [2.24, 2.45) is 5.92 Å². The summed E-state index contributed by atoms with van der Waals surface area (Å²) in [6.07, 6.45) is 6.48. The van der Waals surface area contributed by atoms with E-state index in [0.29, 0.717) is 12.5 Å². The highest BCUT2D eigenvalue weighted by Crippen LogP contribution is 2.29. The number of allylic oxidation sites excluding steroid dienone is 1. The van der Waals surface area contributed by atoms with Crippen LogP contribution in [0.5, 0.6) is 0 Å². The number of carbonyl (C=O) groups is 2. The Kier molecular flexibility index (Phi) is 2.04. The molecule has 1 saturated carbocycles. The average Bonchev–Trinajstić information content (AvgIpc) is 2.86. The van der Waals surface area contributed by atoms with Crippen LogP contribution < -0.4 is 5.32 Å². The molecular formula is C9H12N2O2. The Morgan fingerprint density at radius 2 is 2.23 bits per heavy atom. The lowest BCUT2D eigenvalue weighted by Crippen LogP contribution is -2.30. The predicted octanol–water partition coefficient (Wildman–Crippen LogP) is 0.504. The first-order chi connectivity index (χ1) is 6.27. The predicted molar refractivity (Wildman–Crippen MR) is 47.0 cm³/mol. The van der Waals surface area contributed by atoms with Crippen molar-refractivity contribution >= 4 is 11.9 Å². The third-order valence-electron chi connectivity index (χ3n) is 2.26. The number of amides is 3. The van der Waals surface area contributed by atoms with Gasteiger partial charge in [-0.25, -0.2) is 4.79 Å². The molecule has 1 aliphatic carbocycles. The Bertz CT molecular complexity index is 253. The van der Waals surface area contributed by atoms with Crippen LogP contribution >= 0.6 is 0 Å². The summed E-state index contributed by atoms with van der Waals surface area (Å²) in [5, 5.41) is 2.48. The molecule has 2 aliphatic rings. The van der Waals surface area contributed by atoms with Crippen LogP contribution in [0.25, 0.3) is 0 Å². The van der Waals surface area contributed by atoms with Gasteiger partial charge in [-0.1, -0.05) is 12.2 Å². The number of rotatable bonds is 3. The van der Waals surface area contributed by atoms with Gasteiger partial charge in [0.1, 0.15) is 0 Å². The molecule has 0 radical (unpaired) electrons. The van der Waals surface area contributed by atoms with E-state index in [1.807, 2.05) is 6.08 Å². The van der Waals surface area contributed by atoms with E-state index in [0.717, 1.165) is 0 Å². The highest BCUT2D eigenvalue weighted by atomic mass is 16.2. The molecule has 0 aromatic rings. The summed E-state index contributed by atoms with van der Waals surface area (Å²) in [4.78, 5) is 23.4. The first-order valence-electron chi connectivity index (χ1n) is 4.52. The molecule has 1 aliphatic heterocycles. The molecule has 0 atom stereocenters. The minimum Gasteiger partial charge on any atom is -0.329 e. The Morgan fingerprint density at radius 1 is 1.46 bits per heavy atom. The van der Waals surface area contributed by atoms with Crippen molar-refractivity contribution in [2.45, 2.75) is 12.8 Å². The molecule has 2 fully saturated rings. The van der Waals surface area contributed by atoms with Gasteiger partial charge < -0.3 is 5.32 Å². The Morgan fingerprint density at radius 3 is 2.77 bits per heavy atom. The summed E-state index contributed by atoms with van der Waals surface area (Å²) in [5.41, 5.74) is 0. The zero-order valence-electron chi connectivity index (χ0n) is 7.32. The Hall–Kier alpha value is -1.32. The largest absolute Gasteiger partial charge is 0.329 e. The average molecular weight is 180 g/mol. The number of imide groups is 1. The lowest BCUT2D eigenvalue weighted by molar-refractivity contribution is -0.124. The molecular weight excluding hydrogens is 168 g/mol. The van der Waals surface area contributed by atoms with Gasteiger partial charge in [-0.2, -0.15) is 0 Å². The van der Waals surface area contributed by atoms with E-state index in [9.17, 15) is 9.59 Å². The van der Waals surface area contributed by atoms with Crippen molar-refractivity contribution in [3.63, 3.8) is 0 Å². The maximum Gasteiger partial charge on any atom is 0.324 e. The first-order valence-corrected chi connectivity index (χ1v) is 4.52. The molecule has 1 N–H and O–H groups in total. The minimum absolute atomic E-state index is 0.134. The van der Waals surface area contributed by atoms with E-state index in [-0.39, 0.29) is 18.5 Å². The van der Waals surface area contributed by atoms with Gasteiger partial charge in [0.25, 0.3) is 0 Å². The fraction of sp³-hybridized carbons (Fsp3) is 0.556. The van der Waals surface area contributed by atoms with Crippen LogP contribution in [0.3, 0.4) is 0 Å². The van der Waals surface area contributed by atoms with Gasteiger partial charge in [-0.3, -0.25) is 9.69 Å². The Balaban J connectivity index is 1.85. The molecule has 13 heavy (non-hydrogen) atoms. The smallest absolute Gasteiger partial charge is 0.324 e. The van der Waals surface area contributed by atoms with Crippen molar-refractivity contribution < 1.29 is 9.59 Å². The van der Waals surface area contributed by atoms with Crippen LogP contribution in [0, 0.1) is 5.92 Å². The molecule has 2 rings (SSSR count). The topological polar surface area (TPSA) is 49.4 Å². The number of hydrogen-bond donors (Lipinski definition) is 1. The molecule has 1 saturated heterocycles. The molecule has 4 nitrogen and oxygen atoms in total. The molecule has 0 unspecified atom stereocenters. The van der Waals surface area contributed by atoms with Crippen LogP contribution in [0.15, 0.2) is 12.2 Å². The van der Waals surface area contributed by atoms with Gasteiger partial charge in [0.2, 0.25) is 5.91 Å². The second kappa shape index (κ2) is 3.20. The van der Waals surface area contributed by atoms with Gasteiger partial charge in [0, 0.05) is 6.54 Å². The summed E-state index contributed by atoms with van der Waals surface area (Å²) >= 11 is 0. The van der Waals surface area contributed by atoms with Crippen LogP contribution in [0.2, 0.25) is 0 Å². The molecule has 4 heteroatoms. The summed E-state index contributed by atoms with van der Waals surface area (Å²) < 4.78 is 0. The van der Waals surface area contributed by atoms with Gasteiger partial charge >= 0.3 is 6.03 Å². The maximum absolute atomic E-state index is 11.1. The molecule has 70 valence electrons. The van der Waals surface area contributed by atoms with E-state index < -0.39 is 0 Å². The fourth-order valence-corrected chi connectivity index (χ4v) is 1.29. The van der Waals surface area contributed by atoms with Gasteiger partial charge in [-0.05, 0) is 18.8 Å². The van der Waals surface area contributed by atoms with E-state index in [4.69, 9.17) is 0 Å². The van der Waals surface area contributed by atoms with Gasteiger partial charge in [-0.15, -0.1) is 0 Å². The normalized spacial score (nSPS) is 22.9. The standard InChI is InChI=1S/C9H12N2O2/c12-8-6-10-9(13)11(8)5-1-2-7-3-4-7/h1-2,7H,3-6H2,(H,10,13)/b2-1+. The molecule has 3 amide bonds. The number of carbonyl (C=O) groups excluding carboxylic acids is 2. The molecule has 0 aromatic heterocycles. The van der Waals surface area contributed by atoms with Crippen molar-refractivity contribution in [1.29, 1.82) is 0 Å². The van der Waals surface area contributed by atoms with Crippen molar-refractivity contribution in [1.82, 2.24) is 10.2 Å². The van der Waals surface area contributed by atoms with Crippen LogP contribution in [-0.2, 0) is 4.79 Å². The summed E-state index contributed by atoms with van der Waals surface area (Å²) in [6, 6.07) is -0.273. The third-order valence-corrected chi connectivity index (χ3v) is 2.26. The summed E-state index contributed by atoms with van der Waals surface area (Å²) in [5.74, 6) is 0.561. The monoisotopic (exact) mass is 180 g/mol. The van der Waals surface area contributed by atoms with E-state index in [1.54, 1.807) is 0 Å². The third kappa shape index (κ3) is 1.88. The molecule has 0 bridgehead atoms. The first kappa shape index (κ1) is 8.29. The second-order valence-electron chi connectivity index (χ2n) is 3.43. The number of hydrogen-bond acceptors (Lipinski definition) is 2. The fourth-order valence-electron chi connectivity index (χ4n) is 1.29. The zero-order valence-corrected chi connectivity index (χ0v) is 7.32. The highest BCUT2D eigenvalue weighted by molar-refractivity contribution is 6.02. The van der Waals surface area contributed by atoms with E-state index >= 15 is 0 Å². The lowest BCUT2D eigenvalue weighted by Gasteiger charge is -2.07. The Labute approximate surface area is 76.6 Å². The molecule has 1 heterocycles. The highest BCUT2D eigenvalue weighted by Gasteiger charge is 2.27. The maximum atomic E-state index is 11.1. The zero-order chi connectivity index (χ0) is 9.26. The van der Waals surface area contributed by atoms with Crippen LogP contribution in [0.1, 0.15) is 12.8 Å². The van der Waals surface area contributed by atoms with Crippen LogP contribution in [-0.4, -0.2) is 29.9 Å². The minimum atomic E-state index is -0.273. The number of urea groups is 1.